The summed E-state index contributed by atoms with van der Waals surface area (Å²) in [5, 5.41) is 3.50. The number of Topliss-reactive ketones (excluding diaryl/α,β-unsaturated/α-hetero) is 3. The van der Waals surface area contributed by atoms with Gasteiger partial charge in [0.15, 0.2) is 5.78 Å². The molecule has 236 valence electrons. The number of anilines is 2. The van der Waals surface area contributed by atoms with Crippen LogP contribution >= 0.6 is 0 Å². The first-order valence-corrected chi connectivity index (χ1v) is 16.1. The molecule has 2 aromatic carbocycles. The molecule has 2 aromatic rings. The monoisotopic (exact) mass is 588 g/mol. The number of benzene rings is 2. The summed E-state index contributed by atoms with van der Waals surface area (Å²) in [4.78, 5) is 33.9. The summed E-state index contributed by atoms with van der Waals surface area (Å²) < 4.78 is 0. The molecular formula is C38H56N2O3. The lowest BCUT2D eigenvalue weighted by molar-refractivity contribution is -0.136. The Morgan fingerprint density at radius 2 is 1.00 bits per heavy atom. The van der Waals surface area contributed by atoms with E-state index in [9.17, 15) is 14.4 Å². The minimum Gasteiger partial charge on any atom is -0.398 e. The Kier molecular flexibility index (Phi) is 13.0. The molecule has 5 nitrogen and oxygen atoms in total. The van der Waals surface area contributed by atoms with E-state index in [0.717, 1.165) is 29.9 Å². The first-order chi connectivity index (χ1) is 20.0. The fourth-order valence-electron chi connectivity index (χ4n) is 5.94. The summed E-state index contributed by atoms with van der Waals surface area (Å²) in [6.45, 7) is 25.2. The standard InChI is InChI=1S/C19H27NO.C12H19N.C7H10O2/c1-11(2)15-8-7-9-16(12(3)4)18(15)20-17-13(5)10-14(6)19(17)21;1-8(2)10-6-5-7-11(9(3)4)12(10)13;1-4-3-5(2)7(9)6(4)8/h7-9,11-12,14,20H,10H2,1-6H3;5-9H,13H2,1-4H3;4-5H,3H2,1-2H3. The van der Waals surface area contributed by atoms with Crippen LogP contribution in [-0.4, -0.2) is 17.3 Å². The fraction of sp³-hybridized carbons (Fsp3) is 0.553. The SMILES string of the molecule is CC(C)c1cccc(C(C)C)c1N.CC1=C(Nc2c(C(C)C)cccc2C(C)C)C(=O)C(C)C1.CC1CC(C)C(=O)C1=O. The number of ketones is 3. The Labute approximate surface area is 261 Å². The van der Waals surface area contributed by atoms with E-state index in [2.05, 4.69) is 104 Å². The van der Waals surface area contributed by atoms with Gasteiger partial charge in [-0.2, -0.15) is 0 Å². The Hall–Kier alpha value is -3.21. The molecule has 1 saturated carbocycles. The highest BCUT2D eigenvalue weighted by Gasteiger charge is 2.35. The van der Waals surface area contributed by atoms with Crippen LogP contribution in [0.3, 0.4) is 0 Å². The molecular weight excluding hydrogens is 532 g/mol. The Morgan fingerprint density at radius 1 is 0.628 bits per heavy atom. The van der Waals surface area contributed by atoms with Crippen LogP contribution in [0.25, 0.3) is 0 Å². The van der Waals surface area contributed by atoms with Crippen LogP contribution < -0.4 is 11.1 Å². The van der Waals surface area contributed by atoms with E-state index in [4.69, 9.17) is 5.73 Å². The maximum absolute atomic E-state index is 12.4. The molecule has 43 heavy (non-hydrogen) atoms. The second kappa shape index (κ2) is 15.5. The molecule has 0 bridgehead atoms. The van der Waals surface area contributed by atoms with Gasteiger partial charge in [0.1, 0.15) is 0 Å². The predicted octanol–water partition coefficient (Wildman–Crippen LogP) is 9.54. The van der Waals surface area contributed by atoms with Crippen molar-refractivity contribution in [2.75, 3.05) is 11.1 Å². The highest BCUT2D eigenvalue weighted by atomic mass is 16.2. The Morgan fingerprint density at radius 3 is 1.28 bits per heavy atom. The van der Waals surface area contributed by atoms with Crippen LogP contribution in [0.4, 0.5) is 11.4 Å². The molecule has 2 aliphatic carbocycles. The van der Waals surface area contributed by atoms with Crippen LogP contribution in [0.1, 0.15) is 142 Å². The van der Waals surface area contributed by atoms with Gasteiger partial charge in [-0.3, -0.25) is 14.4 Å². The lowest BCUT2D eigenvalue weighted by Gasteiger charge is -2.21. The zero-order valence-corrected chi connectivity index (χ0v) is 28.7. The number of hydrogen-bond donors (Lipinski definition) is 2. The number of para-hydroxylation sites is 2. The number of nitrogen functional groups attached to an aromatic ring is 1. The largest absolute Gasteiger partial charge is 0.398 e. The molecule has 3 unspecified atom stereocenters. The van der Waals surface area contributed by atoms with E-state index in [1.807, 2.05) is 20.8 Å². The van der Waals surface area contributed by atoms with Crippen molar-refractivity contribution in [3.63, 3.8) is 0 Å². The van der Waals surface area contributed by atoms with Crippen molar-refractivity contribution >= 4 is 28.7 Å². The first kappa shape index (κ1) is 36.0. The molecule has 5 heteroatoms. The van der Waals surface area contributed by atoms with Crippen LogP contribution in [0.2, 0.25) is 0 Å². The van der Waals surface area contributed by atoms with Gasteiger partial charge >= 0.3 is 0 Å². The number of nitrogens with one attached hydrogen (secondary N) is 1. The normalized spacial score (nSPS) is 20.2. The van der Waals surface area contributed by atoms with Crippen LogP contribution in [0, 0.1) is 17.8 Å². The van der Waals surface area contributed by atoms with Gasteiger partial charge < -0.3 is 11.1 Å². The van der Waals surface area contributed by atoms with Crippen molar-refractivity contribution in [1.29, 1.82) is 0 Å². The van der Waals surface area contributed by atoms with Crippen LogP contribution in [-0.2, 0) is 14.4 Å². The maximum atomic E-state index is 12.4. The summed E-state index contributed by atoms with van der Waals surface area (Å²) in [5.74, 6) is 1.85. The third kappa shape index (κ3) is 8.90. The van der Waals surface area contributed by atoms with E-state index in [-0.39, 0.29) is 35.1 Å². The van der Waals surface area contributed by atoms with E-state index in [1.54, 1.807) is 0 Å². The molecule has 4 rings (SSSR count). The van der Waals surface area contributed by atoms with E-state index < -0.39 is 0 Å². The highest BCUT2D eigenvalue weighted by Crippen LogP contribution is 2.36. The third-order valence-corrected chi connectivity index (χ3v) is 8.62. The molecule has 0 aliphatic heterocycles. The molecule has 3 N–H and O–H groups in total. The van der Waals surface area contributed by atoms with Crippen molar-refractivity contribution < 1.29 is 14.4 Å². The quantitative estimate of drug-likeness (QED) is 0.259. The molecule has 0 aromatic heterocycles. The number of nitrogens with two attached hydrogens (primary N) is 1. The third-order valence-electron chi connectivity index (χ3n) is 8.62. The van der Waals surface area contributed by atoms with Crippen molar-refractivity contribution in [3.05, 3.63) is 69.9 Å². The number of carbonyl (C=O) groups is 3. The van der Waals surface area contributed by atoms with Gasteiger partial charge in [0, 0.05) is 29.1 Å². The van der Waals surface area contributed by atoms with Gasteiger partial charge in [-0.15, -0.1) is 0 Å². The summed E-state index contributed by atoms with van der Waals surface area (Å²) >= 11 is 0. The first-order valence-electron chi connectivity index (χ1n) is 16.1. The van der Waals surface area contributed by atoms with Crippen molar-refractivity contribution in [3.8, 4) is 0 Å². The molecule has 1 fully saturated rings. The average molecular weight is 589 g/mol. The predicted molar refractivity (Wildman–Crippen MR) is 182 cm³/mol. The van der Waals surface area contributed by atoms with Gasteiger partial charge in [0.2, 0.25) is 11.6 Å². The zero-order valence-electron chi connectivity index (χ0n) is 28.7. The minimum atomic E-state index is -0.178. The summed E-state index contributed by atoms with van der Waals surface area (Å²) in [7, 11) is 0. The minimum absolute atomic E-state index is 0.0208. The smallest absolute Gasteiger partial charge is 0.201 e. The number of hydrogen-bond acceptors (Lipinski definition) is 5. The van der Waals surface area contributed by atoms with Gasteiger partial charge in [0.05, 0.1) is 5.70 Å². The van der Waals surface area contributed by atoms with Gasteiger partial charge in [-0.05, 0) is 71.3 Å². The topological polar surface area (TPSA) is 89.3 Å². The molecule has 2 aliphatic rings. The van der Waals surface area contributed by atoms with Crippen LogP contribution in [0.5, 0.6) is 0 Å². The molecule has 0 heterocycles. The molecule has 0 amide bonds. The summed E-state index contributed by atoms with van der Waals surface area (Å²) in [6, 6.07) is 12.8. The van der Waals surface area contributed by atoms with Gasteiger partial charge in [-0.1, -0.05) is 113 Å². The number of rotatable bonds is 6. The second-order valence-corrected chi connectivity index (χ2v) is 13.8. The highest BCUT2D eigenvalue weighted by molar-refractivity contribution is 6.40. The Bertz CT molecular complexity index is 1260. The lowest BCUT2D eigenvalue weighted by Crippen LogP contribution is -2.15. The summed E-state index contributed by atoms with van der Waals surface area (Å²) in [6.07, 6.45) is 1.62. The van der Waals surface area contributed by atoms with Gasteiger partial charge in [-0.25, -0.2) is 0 Å². The Balaban J connectivity index is 0.000000249. The molecule has 0 spiro atoms. The number of allylic oxidation sites excluding steroid dienone is 2. The average Bonchev–Trinajstić information content (AvgIpc) is 3.30. The van der Waals surface area contributed by atoms with E-state index in [0.29, 0.717) is 23.7 Å². The van der Waals surface area contributed by atoms with Crippen molar-refractivity contribution in [2.24, 2.45) is 17.8 Å². The van der Waals surface area contributed by atoms with Gasteiger partial charge in [0.25, 0.3) is 0 Å². The zero-order chi connectivity index (χ0) is 32.8. The number of carbonyl (C=O) groups excluding carboxylic acids is 3. The summed E-state index contributed by atoms with van der Waals surface area (Å²) in [5.41, 5.74) is 15.3. The second-order valence-electron chi connectivity index (χ2n) is 13.8. The van der Waals surface area contributed by atoms with E-state index >= 15 is 0 Å². The van der Waals surface area contributed by atoms with Crippen LogP contribution in [0.15, 0.2) is 47.7 Å². The van der Waals surface area contributed by atoms with Crippen molar-refractivity contribution in [1.82, 2.24) is 0 Å². The van der Waals surface area contributed by atoms with E-state index in [1.165, 1.54) is 27.8 Å². The maximum Gasteiger partial charge on any atom is 0.201 e. The van der Waals surface area contributed by atoms with Crippen molar-refractivity contribution in [2.45, 2.75) is 120 Å². The lowest BCUT2D eigenvalue weighted by atomic mass is 9.92. The molecule has 0 saturated heterocycles. The molecule has 0 radical (unpaired) electrons. The molecule has 3 atom stereocenters. The fourth-order valence-corrected chi connectivity index (χ4v) is 5.94.